The van der Waals surface area contributed by atoms with Crippen molar-refractivity contribution in [2.45, 2.75) is 46.2 Å². The lowest BCUT2D eigenvalue weighted by atomic mass is 9.95. The van der Waals surface area contributed by atoms with Gasteiger partial charge in [0.05, 0.1) is 22.9 Å². The van der Waals surface area contributed by atoms with Crippen molar-refractivity contribution in [2.24, 2.45) is 5.92 Å². The number of aryl methyl sites for hydroxylation is 1. The molecule has 0 saturated carbocycles. The Balaban J connectivity index is 1.67. The van der Waals surface area contributed by atoms with E-state index in [-0.39, 0.29) is 0 Å². The van der Waals surface area contributed by atoms with Crippen LogP contribution in [0.5, 0.6) is 0 Å². The summed E-state index contributed by atoms with van der Waals surface area (Å²) in [4.78, 5) is 0. The maximum absolute atomic E-state index is 11.6. The molecule has 1 unspecified atom stereocenters. The van der Waals surface area contributed by atoms with Crippen LogP contribution in [0.15, 0.2) is 30.3 Å². The molecule has 0 amide bonds. The van der Waals surface area contributed by atoms with Crippen LogP contribution < -0.4 is 5.32 Å². The minimum atomic E-state index is -2.80. The SMILES string of the molecule is Cc1nn(-c2ccccc2)c(C)c1CNC(C)C1CCS(=O)(=O)CC1. The van der Waals surface area contributed by atoms with Crippen molar-refractivity contribution in [1.82, 2.24) is 15.1 Å². The highest BCUT2D eigenvalue weighted by molar-refractivity contribution is 7.91. The molecular weight excluding hydrogens is 334 g/mol. The Morgan fingerprint density at radius 3 is 2.48 bits per heavy atom. The monoisotopic (exact) mass is 361 g/mol. The van der Waals surface area contributed by atoms with Gasteiger partial charge in [-0.1, -0.05) is 18.2 Å². The van der Waals surface area contributed by atoms with Crippen molar-refractivity contribution < 1.29 is 8.42 Å². The lowest BCUT2D eigenvalue weighted by molar-refractivity contribution is 0.344. The Morgan fingerprint density at radius 1 is 1.20 bits per heavy atom. The Hall–Kier alpha value is -1.66. The summed E-state index contributed by atoms with van der Waals surface area (Å²) in [6, 6.07) is 10.5. The first kappa shape index (κ1) is 18.1. The fourth-order valence-corrected chi connectivity index (χ4v) is 5.12. The number of sulfone groups is 1. The number of hydrogen-bond acceptors (Lipinski definition) is 4. The molecule has 1 fully saturated rings. The van der Waals surface area contributed by atoms with Crippen LogP contribution in [-0.4, -0.2) is 35.7 Å². The molecular formula is C19H27N3O2S. The van der Waals surface area contributed by atoms with Crippen molar-refractivity contribution in [1.29, 1.82) is 0 Å². The number of rotatable bonds is 5. The molecule has 3 rings (SSSR count). The Morgan fingerprint density at radius 2 is 1.84 bits per heavy atom. The predicted octanol–water partition coefficient (Wildman–Crippen LogP) is 2.79. The largest absolute Gasteiger partial charge is 0.310 e. The second-order valence-electron chi connectivity index (χ2n) is 7.06. The number of benzene rings is 1. The number of para-hydroxylation sites is 1. The van der Waals surface area contributed by atoms with E-state index in [0.29, 0.717) is 23.5 Å². The molecule has 1 saturated heterocycles. The Bertz CT molecular complexity index is 814. The van der Waals surface area contributed by atoms with Gasteiger partial charge in [0.15, 0.2) is 0 Å². The van der Waals surface area contributed by atoms with Crippen LogP contribution in [0.1, 0.15) is 36.7 Å². The van der Waals surface area contributed by atoms with Crippen molar-refractivity contribution in [2.75, 3.05) is 11.5 Å². The highest BCUT2D eigenvalue weighted by Gasteiger charge is 2.27. The van der Waals surface area contributed by atoms with Gasteiger partial charge in [0, 0.05) is 23.8 Å². The van der Waals surface area contributed by atoms with E-state index in [9.17, 15) is 8.42 Å². The molecule has 0 spiro atoms. The van der Waals surface area contributed by atoms with Gasteiger partial charge in [0.1, 0.15) is 9.84 Å². The van der Waals surface area contributed by atoms with Gasteiger partial charge in [-0.25, -0.2) is 13.1 Å². The minimum absolute atomic E-state index is 0.300. The summed E-state index contributed by atoms with van der Waals surface area (Å²) in [6.07, 6.45) is 1.52. The topological polar surface area (TPSA) is 64.0 Å². The molecule has 1 aliphatic heterocycles. The van der Waals surface area contributed by atoms with Gasteiger partial charge in [-0.3, -0.25) is 0 Å². The van der Waals surface area contributed by atoms with E-state index >= 15 is 0 Å². The average molecular weight is 362 g/mol. The van der Waals surface area contributed by atoms with Gasteiger partial charge in [-0.2, -0.15) is 5.10 Å². The van der Waals surface area contributed by atoms with Crippen LogP contribution in [-0.2, 0) is 16.4 Å². The number of nitrogens with zero attached hydrogens (tertiary/aromatic N) is 2. The summed E-state index contributed by atoms with van der Waals surface area (Å²) in [6.45, 7) is 7.06. The fourth-order valence-electron chi connectivity index (χ4n) is 3.59. The molecule has 25 heavy (non-hydrogen) atoms. The summed E-state index contributed by atoms with van der Waals surface area (Å²) in [7, 11) is -2.80. The lowest BCUT2D eigenvalue weighted by Crippen LogP contribution is -2.38. The first-order valence-electron chi connectivity index (χ1n) is 8.92. The standard InChI is InChI=1S/C19H27N3O2S/c1-14(17-9-11-25(23,24)12-10-17)20-13-19-15(2)21-22(16(19)3)18-7-5-4-6-8-18/h4-8,14,17,20H,9-13H2,1-3H3. The molecule has 2 aromatic rings. The lowest BCUT2D eigenvalue weighted by Gasteiger charge is -2.28. The molecule has 1 aliphatic rings. The normalized spacial score (nSPS) is 19.0. The van der Waals surface area contributed by atoms with E-state index in [0.717, 1.165) is 36.5 Å². The van der Waals surface area contributed by atoms with Crippen molar-refractivity contribution >= 4 is 9.84 Å². The van der Waals surface area contributed by atoms with Gasteiger partial charge >= 0.3 is 0 Å². The molecule has 1 N–H and O–H groups in total. The minimum Gasteiger partial charge on any atom is -0.310 e. The quantitative estimate of drug-likeness (QED) is 0.889. The molecule has 0 radical (unpaired) electrons. The maximum Gasteiger partial charge on any atom is 0.150 e. The summed E-state index contributed by atoms with van der Waals surface area (Å²) in [5.41, 5.74) is 4.47. The van der Waals surface area contributed by atoms with Gasteiger partial charge in [0.25, 0.3) is 0 Å². The average Bonchev–Trinajstić information content (AvgIpc) is 2.88. The van der Waals surface area contributed by atoms with Crippen LogP contribution in [0.3, 0.4) is 0 Å². The van der Waals surface area contributed by atoms with E-state index < -0.39 is 9.84 Å². The van der Waals surface area contributed by atoms with Crippen LogP contribution in [0.4, 0.5) is 0 Å². The number of aromatic nitrogens is 2. The maximum atomic E-state index is 11.6. The zero-order valence-electron chi connectivity index (χ0n) is 15.2. The number of nitrogens with one attached hydrogen (secondary N) is 1. The highest BCUT2D eigenvalue weighted by atomic mass is 32.2. The van der Waals surface area contributed by atoms with Crippen LogP contribution in [0, 0.1) is 19.8 Å². The van der Waals surface area contributed by atoms with E-state index in [1.807, 2.05) is 29.8 Å². The highest BCUT2D eigenvalue weighted by Crippen LogP contribution is 2.23. The zero-order chi connectivity index (χ0) is 18.0. The summed E-state index contributed by atoms with van der Waals surface area (Å²) < 4.78 is 25.2. The van der Waals surface area contributed by atoms with E-state index in [1.165, 1.54) is 5.56 Å². The summed E-state index contributed by atoms with van der Waals surface area (Å²) in [5.74, 6) is 1.08. The van der Waals surface area contributed by atoms with Crippen LogP contribution in [0.2, 0.25) is 0 Å². The fraction of sp³-hybridized carbons (Fsp3) is 0.526. The van der Waals surface area contributed by atoms with E-state index in [1.54, 1.807) is 0 Å². The second kappa shape index (κ2) is 7.30. The first-order chi connectivity index (χ1) is 11.9. The van der Waals surface area contributed by atoms with Crippen LogP contribution >= 0.6 is 0 Å². The number of hydrogen-bond donors (Lipinski definition) is 1. The Labute approximate surface area is 150 Å². The molecule has 5 nitrogen and oxygen atoms in total. The molecule has 1 aromatic carbocycles. The van der Waals surface area contributed by atoms with Crippen LogP contribution in [0.25, 0.3) is 5.69 Å². The predicted molar refractivity (Wildman–Crippen MR) is 101 cm³/mol. The first-order valence-corrected chi connectivity index (χ1v) is 10.7. The van der Waals surface area contributed by atoms with Crippen molar-refractivity contribution in [3.63, 3.8) is 0 Å². The summed E-state index contributed by atoms with van der Waals surface area (Å²) in [5, 5.41) is 8.28. The third kappa shape index (κ3) is 4.12. The van der Waals surface area contributed by atoms with E-state index in [4.69, 9.17) is 0 Å². The van der Waals surface area contributed by atoms with Gasteiger partial charge in [0.2, 0.25) is 0 Å². The smallest absolute Gasteiger partial charge is 0.150 e. The van der Waals surface area contributed by atoms with Crippen molar-refractivity contribution in [3.05, 3.63) is 47.3 Å². The molecule has 6 heteroatoms. The molecule has 2 heterocycles. The second-order valence-corrected chi connectivity index (χ2v) is 9.36. The molecule has 0 aliphatic carbocycles. The third-order valence-electron chi connectivity index (χ3n) is 5.35. The summed E-state index contributed by atoms with van der Waals surface area (Å²) >= 11 is 0. The van der Waals surface area contributed by atoms with Gasteiger partial charge in [-0.15, -0.1) is 0 Å². The molecule has 1 aromatic heterocycles. The molecule has 1 atom stereocenters. The Kier molecular flexibility index (Phi) is 5.29. The van der Waals surface area contributed by atoms with Gasteiger partial charge in [-0.05, 0) is 51.7 Å². The third-order valence-corrected chi connectivity index (χ3v) is 7.06. The van der Waals surface area contributed by atoms with Gasteiger partial charge < -0.3 is 5.32 Å². The van der Waals surface area contributed by atoms with Crippen molar-refractivity contribution in [3.8, 4) is 5.69 Å². The van der Waals surface area contributed by atoms with E-state index in [2.05, 4.69) is 36.4 Å². The zero-order valence-corrected chi connectivity index (χ0v) is 16.0. The molecule has 0 bridgehead atoms. The molecule has 136 valence electrons.